The van der Waals surface area contributed by atoms with Gasteiger partial charge in [0.1, 0.15) is 5.82 Å². The van der Waals surface area contributed by atoms with Crippen LogP contribution in [0, 0.1) is 0 Å². The predicted octanol–water partition coefficient (Wildman–Crippen LogP) is 1.83. The molecule has 0 atom stereocenters. The van der Waals surface area contributed by atoms with E-state index in [9.17, 15) is 0 Å². The molecular formula is C13H21N3. The lowest BCUT2D eigenvalue weighted by Crippen LogP contribution is -2.44. The summed E-state index contributed by atoms with van der Waals surface area (Å²) in [5, 5.41) is 3.38. The third-order valence-electron chi connectivity index (χ3n) is 3.08. The van der Waals surface area contributed by atoms with Gasteiger partial charge in [0.25, 0.3) is 0 Å². The maximum absolute atomic E-state index is 4.55. The molecule has 16 heavy (non-hydrogen) atoms. The van der Waals surface area contributed by atoms with E-state index in [1.54, 1.807) is 0 Å². The van der Waals surface area contributed by atoms with E-state index in [0.29, 0.717) is 0 Å². The van der Waals surface area contributed by atoms with Crippen LogP contribution in [0.3, 0.4) is 0 Å². The number of nitrogens with zero attached hydrogens (tertiary/aromatic N) is 2. The second-order valence-electron chi connectivity index (χ2n) is 4.33. The van der Waals surface area contributed by atoms with Gasteiger partial charge < -0.3 is 10.2 Å². The third-order valence-corrected chi connectivity index (χ3v) is 3.08. The summed E-state index contributed by atoms with van der Waals surface area (Å²) in [4.78, 5) is 6.96. The van der Waals surface area contributed by atoms with Crippen molar-refractivity contribution in [1.82, 2.24) is 10.3 Å². The Morgan fingerprint density at radius 2 is 2.19 bits per heavy atom. The molecule has 0 amide bonds. The number of aromatic nitrogens is 1. The molecule has 2 heterocycles. The number of rotatable bonds is 4. The lowest BCUT2D eigenvalue weighted by atomic mass is 10.1. The molecule has 0 aromatic carbocycles. The molecule has 88 valence electrons. The van der Waals surface area contributed by atoms with Crippen LogP contribution < -0.4 is 10.2 Å². The van der Waals surface area contributed by atoms with Crippen LogP contribution in [0.4, 0.5) is 5.82 Å². The fraction of sp³-hybridized carbons (Fsp3) is 0.615. The summed E-state index contributed by atoms with van der Waals surface area (Å²) in [6.07, 6.45) is 5.57. The molecular weight excluding hydrogens is 198 g/mol. The zero-order valence-corrected chi connectivity index (χ0v) is 10.1. The fourth-order valence-electron chi connectivity index (χ4n) is 2.15. The number of anilines is 1. The monoisotopic (exact) mass is 219 g/mol. The van der Waals surface area contributed by atoms with Gasteiger partial charge in [-0.05, 0) is 24.5 Å². The first-order chi connectivity index (χ1) is 7.92. The molecule has 1 aliphatic heterocycles. The zero-order valence-electron chi connectivity index (χ0n) is 10.1. The van der Waals surface area contributed by atoms with Crippen molar-refractivity contribution in [1.29, 1.82) is 0 Å². The molecule has 1 fully saturated rings. The van der Waals surface area contributed by atoms with Crippen LogP contribution >= 0.6 is 0 Å². The second kappa shape index (κ2) is 5.85. The number of aryl methyl sites for hydroxylation is 1. The van der Waals surface area contributed by atoms with Gasteiger partial charge in [0.2, 0.25) is 0 Å². The maximum atomic E-state index is 4.55. The van der Waals surface area contributed by atoms with Gasteiger partial charge in [0, 0.05) is 32.4 Å². The van der Waals surface area contributed by atoms with E-state index >= 15 is 0 Å². The Morgan fingerprint density at radius 3 is 2.94 bits per heavy atom. The topological polar surface area (TPSA) is 28.2 Å². The van der Waals surface area contributed by atoms with Crippen molar-refractivity contribution < 1.29 is 0 Å². The Morgan fingerprint density at radius 1 is 1.38 bits per heavy atom. The highest BCUT2D eigenvalue weighted by molar-refractivity contribution is 5.47. The van der Waals surface area contributed by atoms with Gasteiger partial charge in [-0.25, -0.2) is 4.98 Å². The highest BCUT2D eigenvalue weighted by Crippen LogP contribution is 2.19. The maximum Gasteiger partial charge on any atom is 0.131 e. The molecule has 2 rings (SSSR count). The predicted molar refractivity (Wildman–Crippen MR) is 67.9 cm³/mol. The average Bonchev–Trinajstić information content (AvgIpc) is 2.38. The van der Waals surface area contributed by atoms with E-state index in [-0.39, 0.29) is 0 Å². The summed E-state index contributed by atoms with van der Waals surface area (Å²) in [6, 6.07) is 4.27. The lowest BCUT2D eigenvalue weighted by molar-refractivity contribution is 0.582. The zero-order chi connectivity index (χ0) is 11.2. The summed E-state index contributed by atoms with van der Waals surface area (Å²) in [7, 11) is 0. The number of hydrogen-bond acceptors (Lipinski definition) is 3. The third kappa shape index (κ3) is 2.73. The van der Waals surface area contributed by atoms with Crippen molar-refractivity contribution in [3.8, 4) is 0 Å². The van der Waals surface area contributed by atoms with Gasteiger partial charge in [0.15, 0.2) is 0 Å². The quantitative estimate of drug-likeness (QED) is 0.837. The van der Waals surface area contributed by atoms with Gasteiger partial charge >= 0.3 is 0 Å². The number of unbranched alkanes of at least 4 members (excludes halogenated alkanes) is 1. The van der Waals surface area contributed by atoms with E-state index in [0.717, 1.165) is 32.6 Å². The Bertz CT molecular complexity index is 319. The molecule has 1 aromatic rings. The average molecular weight is 219 g/mol. The highest BCUT2D eigenvalue weighted by atomic mass is 15.2. The minimum absolute atomic E-state index is 1.07. The van der Waals surface area contributed by atoms with Crippen LogP contribution in [0.15, 0.2) is 18.3 Å². The van der Waals surface area contributed by atoms with E-state index in [1.165, 1.54) is 24.2 Å². The molecule has 0 unspecified atom stereocenters. The second-order valence-corrected chi connectivity index (χ2v) is 4.33. The fourth-order valence-corrected chi connectivity index (χ4v) is 2.15. The molecule has 1 N–H and O–H groups in total. The molecule has 3 nitrogen and oxygen atoms in total. The van der Waals surface area contributed by atoms with Crippen LogP contribution in [0.25, 0.3) is 0 Å². The molecule has 0 bridgehead atoms. The normalized spacial score (nSPS) is 16.4. The number of piperazine rings is 1. The van der Waals surface area contributed by atoms with Crippen LogP contribution in [0.2, 0.25) is 0 Å². The van der Waals surface area contributed by atoms with Crippen LogP contribution in [-0.2, 0) is 6.42 Å². The number of nitrogens with one attached hydrogen (secondary N) is 1. The summed E-state index contributed by atoms with van der Waals surface area (Å²) in [6.45, 7) is 6.54. The Labute approximate surface area is 97.9 Å². The van der Waals surface area contributed by atoms with Crippen molar-refractivity contribution in [2.75, 3.05) is 31.1 Å². The standard InChI is InChI=1S/C13H21N3/c1-2-3-5-12-6-4-7-15-13(12)16-10-8-14-9-11-16/h4,6-7,14H,2-3,5,8-11H2,1H3. The molecule has 1 aliphatic rings. The molecule has 0 aliphatic carbocycles. The molecule has 3 heteroatoms. The minimum atomic E-state index is 1.07. The minimum Gasteiger partial charge on any atom is -0.354 e. The Kier molecular flexibility index (Phi) is 4.17. The summed E-state index contributed by atoms with van der Waals surface area (Å²) in [5.74, 6) is 1.21. The van der Waals surface area contributed by atoms with Crippen molar-refractivity contribution in [2.24, 2.45) is 0 Å². The number of pyridine rings is 1. The van der Waals surface area contributed by atoms with Gasteiger partial charge in [-0.2, -0.15) is 0 Å². The smallest absolute Gasteiger partial charge is 0.131 e. The summed E-state index contributed by atoms with van der Waals surface area (Å²) in [5.41, 5.74) is 1.41. The van der Waals surface area contributed by atoms with Crippen LogP contribution in [0.5, 0.6) is 0 Å². The summed E-state index contributed by atoms with van der Waals surface area (Å²) < 4.78 is 0. The Balaban J connectivity index is 2.11. The largest absolute Gasteiger partial charge is 0.354 e. The summed E-state index contributed by atoms with van der Waals surface area (Å²) >= 11 is 0. The molecule has 0 spiro atoms. The van der Waals surface area contributed by atoms with Crippen molar-refractivity contribution in [3.05, 3.63) is 23.9 Å². The first-order valence-corrected chi connectivity index (χ1v) is 6.31. The van der Waals surface area contributed by atoms with Gasteiger partial charge in [-0.15, -0.1) is 0 Å². The van der Waals surface area contributed by atoms with Crippen molar-refractivity contribution in [2.45, 2.75) is 26.2 Å². The van der Waals surface area contributed by atoms with Crippen LogP contribution in [0.1, 0.15) is 25.3 Å². The van der Waals surface area contributed by atoms with Crippen molar-refractivity contribution in [3.63, 3.8) is 0 Å². The first-order valence-electron chi connectivity index (χ1n) is 6.31. The van der Waals surface area contributed by atoms with E-state index in [1.807, 2.05) is 6.20 Å². The molecule has 1 aromatic heterocycles. The number of hydrogen-bond donors (Lipinski definition) is 1. The molecule has 0 radical (unpaired) electrons. The van der Waals surface area contributed by atoms with Gasteiger partial charge in [-0.3, -0.25) is 0 Å². The molecule has 0 saturated carbocycles. The van der Waals surface area contributed by atoms with Crippen molar-refractivity contribution >= 4 is 5.82 Å². The van der Waals surface area contributed by atoms with E-state index in [4.69, 9.17) is 0 Å². The Hall–Kier alpha value is -1.09. The van der Waals surface area contributed by atoms with E-state index in [2.05, 4.69) is 34.3 Å². The molecule has 1 saturated heterocycles. The first kappa shape index (κ1) is 11.4. The highest BCUT2D eigenvalue weighted by Gasteiger charge is 2.14. The van der Waals surface area contributed by atoms with E-state index < -0.39 is 0 Å². The van der Waals surface area contributed by atoms with Crippen LogP contribution in [-0.4, -0.2) is 31.2 Å². The lowest BCUT2D eigenvalue weighted by Gasteiger charge is -2.30. The van der Waals surface area contributed by atoms with Gasteiger partial charge in [-0.1, -0.05) is 19.4 Å². The SMILES string of the molecule is CCCCc1cccnc1N1CCNCC1. The van der Waals surface area contributed by atoms with Gasteiger partial charge in [0.05, 0.1) is 0 Å².